The summed E-state index contributed by atoms with van der Waals surface area (Å²) in [5.41, 5.74) is -2.11. The van der Waals surface area contributed by atoms with E-state index in [-0.39, 0.29) is 23.5 Å². The molecule has 0 N–H and O–H groups in total. The lowest BCUT2D eigenvalue weighted by Crippen LogP contribution is -2.14. The van der Waals surface area contributed by atoms with E-state index in [4.69, 9.17) is 9.47 Å². The van der Waals surface area contributed by atoms with Crippen LogP contribution in [0.25, 0.3) is 6.08 Å². The molecule has 0 radical (unpaired) electrons. The highest BCUT2D eigenvalue weighted by atomic mass is 19.4. The van der Waals surface area contributed by atoms with E-state index in [1.807, 2.05) is 13.8 Å². The van der Waals surface area contributed by atoms with Crippen molar-refractivity contribution in [2.24, 2.45) is 5.92 Å². The Morgan fingerprint density at radius 3 is 2.19 bits per heavy atom. The van der Waals surface area contributed by atoms with E-state index in [0.29, 0.717) is 17.2 Å². The van der Waals surface area contributed by atoms with Crippen LogP contribution in [-0.2, 0) is 19.0 Å². The van der Waals surface area contributed by atoms with E-state index in [0.717, 1.165) is 6.07 Å². The lowest BCUT2D eigenvalue weighted by atomic mass is 10.0. The van der Waals surface area contributed by atoms with Gasteiger partial charge < -0.3 is 9.47 Å². The predicted octanol–water partition coefficient (Wildman–Crippen LogP) is 6.87. The van der Waals surface area contributed by atoms with Crippen molar-refractivity contribution in [2.45, 2.75) is 32.8 Å². The molecule has 0 heterocycles. The Bertz CT molecular complexity index is 1000. The molecule has 0 aliphatic carbocycles. The standard InChI is InChI=1S/C22H19F6NO2/c1-13(2)16(11-29)8-14-4-7-19(20(9-14)30-3)31-12-15-5-6-17(21(23,24)25)10-18(15)22(26,27)28/h4-10,13H,12H2,1-3H3/b16-8+. The zero-order chi connectivity index (χ0) is 23.4. The summed E-state index contributed by atoms with van der Waals surface area (Å²) >= 11 is 0. The van der Waals surface area contributed by atoms with Crippen LogP contribution < -0.4 is 9.47 Å². The fourth-order valence-electron chi connectivity index (χ4n) is 2.70. The average Bonchev–Trinajstić information content (AvgIpc) is 2.68. The molecule has 3 nitrogen and oxygen atoms in total. The lowest BCUT2D eigenvalue weighted by Gasteiger charge is -2.17. The minimum atomic E-state index is -4.98. The number of methoxy groups -OCH3 is 1. The van der Waals surface area contributed by atoms with Crippen LogP contribution >= 0.6 is 0 Å². The molecule has 0 aromatic heterocycles. The highest BCUT2D eigenvalue weighted by Gasteiger charge is 2.38. The number of benzene rings is 2. The number of hydrogen-bond acceptors (Lipinski definition) is 3. The molecule has 0 amide bonds. The van der Waals surface area contributed by atoms with Crippen molar-refractivity contribution in [1.29, 1.82) is 5.26 Å². The van der Waals surface area contributed by atoms with E-state index in [2.05, 4.69) is 6.07 Å². The largest absolute Gasteiger partial charge is 0.493 e. The lowest BCUT2D eigenvalue weighted by molar-refractivity contribution is -0.143. The van der Waals surface area contributed by atoms with Gasteiger partial charge in [-0.2, -0.15) is 31.6 Å². The Balaban J connectivity index is 2.33. The third-order valence-corrected chi connectivity index (χ3v) is 4.39. The minimum absolute atomic E-state index is 0.00705. The first-order chi connectivity index (χ1) is 14.4. The second-order valence-electron chi connectivity index (χ2n) is 6.93. The minimum Gasteiger partial charge on any atom is -0.493 e. The maximum atomic E-state index is 13.3. The van der Waals surface area contributed by atoms with Crippen LogP contribution in [0.2, 0.25) is 0 Å². The van der Waals surface area contributed by atoms with Gasteiger partial charge in [0.2, 0.25) is 0 Å². The Kier molecular flexibility index (Phi) is 7.26. The molecule has 2 rings (SSSR count). The van der Waals surface area contributed by atoms with Crippen molar-refractivity contribution in [3.8, 4) is 17.6 Å². The van der Waals surface area contributed by atoms with Crippen molar-refractivity contribution in [1.82, 2.24) is 0 Å². The maximum absolute atomic E-state index is 13.3. The predicted molar refractivity (Wildman–Crippen MR) is 102 cm³/mol. The van der Waals surface area contributed by atoms with E-state index >= 15 is 0 Å². The molecular formula is C22H19F6NO2. The highest BCUT2D eigenvalue weighted by molar-refractivity contribution is 5.61. The van der Waals surface area contributed by atoms with Gasteiger partial charge in [-0.1, -0.05) is 26.0 Å². The second kappa shape index (κ2) is 9.33. The number of alkyl halides is 6. The Morgan fingerprint density at radius 2 is 1.68 bits per heavy atom. The molecule has 0 aliphatic heterocycles. The zero-order valence-electron chi connectivity index (χ0n) is 16.9. The van der Waals surface area contributed by atoms with E-state index in [9.17, 15) is 31.6 Å². The van der Waals surface area contributed by atoms with Crippen LogP contribution in [-0.4, -0.2) is 7.11 Å². The van der Waals surface area contributed by atoms with Gasteiger partial charge >= 0.3 is 12.4 Å². The fraction of sp³-hybridized carbons (Fsp3) is 0.318. The average molecular weight is 443 g/mol. The third kappa shape index (κ3) is 6.17. The zero-order valence-corrected chi connectivity index (χ0v) is 16.9. The van der Waals surface area contributed by atoms with Crippen LogP contribution in [0, 0.1) is 17.2 Å². The van der Waals surface area contributed by atoms with Gasteiger partial charge in [-0.15, -0.1) is 0 Å². The van der Waals surface area contributed by atoms with Gasteiger partial charge in [-0.05, 0) is 41.8 Å². The van der Waals surface area contributed by atoms with Gasteiger partial charge in [0, 0.05) is 11.1 Å². The summed E-state index contributed by atoms with van der Waals surface area (Å²) in [6.45, 7) is 3.09. The van der Waals surface area contributed by atoms with Crippen LogP contribution in [0.5, 0.6) is 11.5 Å². The molecule has 2 aromatic carbocycles. The van der Waals surface area contributed by atoms with Gasteiger partial charge in [0.05, 0.1) is 24.3 Å². The summed E-state index contributed by atoms with van der Waals surface area (Å²) < 4.78 is 88.9. The van der Waals surface area contributed by atoms with Crippen LogP contribution in [0.4, 0.5) is 26.3 Å². The van der Waals surface area contributed by atoms with Crippen molar-refractivity contribution in [3.05, 3.63) is 64.2 Å². The van der Waals surface area contributed by atoms with Crippen LogP contribution in [0.1, 0.15) is 36.1 Å². The first-order valence-electron chi connectivity index (χ1n) is 9.06. The first-order valence-corrected chi connectivity index (χ1v) is 9.06. The topological polar surface area (TPSA) is 42.2 Å². The summed E-state index contributed by atoms with van der Waals surface area (Å²) in [4.78, 5) is 0. The number of halogens is 6. The SMILES string of the molecule is COc1cc(/C=C(\C#N)C(C)C)ccc1OCc1ccc(C(F)(F)F)cc1C(F)(F)F. The summed E-state index contributed by atoms with van der Waals surface area (Å²) in [6.07, 6.45) is -8.23. The Hall–Kier alpha value is -3.15. The van der Waals surface area contributed by atoms with Crippen molar-refractivity contribution >= 4 is 6.08 Å². The quantitative estimate of drug-likeness (QED) is 0.361. The first kappa shape index (κ1) is 24.1. The molecule has 166 valence electrons. The molecule has 2 aromatic rings. The van der Waals surface area contributed by atoms with Gasteiger partial charge in [-0.25, -0.2) is 0 Å². The number of nitrogens with zero attached hydrogens (tertiary/aromatic N) is 1. The highest BCUT2D eigenvalue weighted by Crippen LogP contribution is 2.38. The molecular weight excluding hydrogens is 424 g/mol. The van der Waals surface area contributed by atoms with Crippen molar-refractivity contribution in [3.63, 3.8) is 0 Å². The second-order valence-corrected chi connectivity index (χ2v) is 6.93. The van der Waals surface area contributed by atoms with Gasteiger partial charge in [0.1, 0.15) is 6.61 Å². The summed E-state index contributed by atoms with van der Waals surface area (Å²) in [5.74, 6) is 0.304. The van der Waals surface area contributed by atoms with E-state index in [1.54, 1.807) is 18.2 Å². The molecule has 31 heavy (non-hydrogen) atoms. The molecule has 0 bridgehead atoms. The normalized spacial score (nSPS) is 12.6. The summed E-state index contributed by atoms with van der Waals surface area (Å²) in [5, 5.41) is 9.17. The van der Waals surface area contributed by atoms with Gasteiger partial charge in [0.15, 0.2) is 11.5 Å². The van der Waals surface area contributed by atoms with Gasteiger partial charge in [0.25, 0.3) is 0 Å². The smallest absolute Gasteiger partial charge is 0.416 e. The number of rotatable bonds is 6. The van der Waals surface area contributed by atoms with Crippen molar-refractivity contribution in [2.75, 3.05) is 7.11 Å². The molecule has 0 saturated carbocycles. The number of allylic oxidation sites excluding steroid dienone is 1. The van der Waals surface area contributed by atoms with Crippen molar-refractivity contribution < 1.29 is 35.8 Å². The Morgan fingerprint density at radius 1 is 1.00 bits per heavy atom. The van der Waals surface area contributed by atoms with Gasteiger partial charge in [-0.3, -0.25) is 0 Å². The summed E-state index contributed by atoms with van der Waals surface area (Å²) in [6, 6.07) is 8.08. The van der Waals surface area contributed by atoms with Crippen LogP contribution in [0.15, 0.2) is 42.0 Å². The molecule has 0 unspecified atom stereocenters. The molecule has 0 fully saturated rings. The number of ether oxygens (including phenoxy) is 2. The van der Waals surface area contributed by atoms with E-state index in [1.165, 1.54) is 13.2 Å². The van der Waals surface area contributed by atoms with E-state index < -0.39 is 35.6 Å². The molecule has 0 saturated heterocycles. The number of hydrogen-bond donors (Lipinski definition) is 0. The molecule has 0 spiro atoms. The summed E-state index contributed by atoms with van der Waals surface area (Å²) in [7, 11) is 1.34. The van der Waals surface area contributed by atoms with Crippen LogP contribution in [0.3, 0.4) is 0 Å². The maximum Gasteiger partial charge on any atom is 0.416 e. The fourth-order valence-corrected chi connectivity index (χ4v) is 2.70. The molecule has 0 atom stereocenters. The Labute approximate surface area is 175 Å². The third-order valence-electron chi connectivity index (χ3n) is 4.39. The monoisotopic (exact) mass is 443 g/mol. The molecule has 9 heteroatoms. The molecule has 0 aliphatic rings. The number of nitriles is 1.